The summed E-state index contributed by atoms with van der Waals surface area (Å²) < 4.78 is 38.0. The molecule has 8 nitrogen and oxygen atoms in total. The van der Waals surface area contributed by atoms with Crippen molar-refractivity contribution in [1.29, 1.82) is 0 Å². The molecule has 178 valence electrons. The molecule has 0 fully saturated rings. The van der Waals surface area contributed by atoms with Crippen LogP contribution in [0.25, 0.3) is 0 Å². The maximum atomic E-state index is 13.4. The predicted octanol–water partition coefficient (Wildman–Crippen LogP) is 4.36. The Kier molecular flexibility index (Phi) is 8.14. The average molecular weight is 503 g/mol. The third kappa shape index (κ3) is 6.06. The zero-order valence-electron chi connectivity index (χ0n) is 18.5. The summed E-state index contributed by atoms with van der Waals surface area (Å²) in [7, 11) is -2.86. The van der Waals surface area contributed by atoms with Gasteiger partial charge in [0.25, 0.3) is 10.0 Å². The number of amides is 1. The van der Waals surface area contributed by atoms with Crippen LogP contribution in [0, 0.1) is 0 Å². The van der Waals surface area contributed by atoms with Crippen LogP contribution in [0.5, 0.6) is 5.75 Å². The molecule has 3 aromatic rings. The lowest BCUT2D eigenvalue weighted by atomic mass is 10.2. The number of benzene rings is 3. The van der Waals surface area contributed by atoms with E-state index in [0.717, 1.165) is 4.31 Å². The highest BCUT2D eigenvalue weighted by Crippen LogP contribution is 2.27. The van der Waals surface area contributed by atoms with Gasteiger partial charge in [-0.25, -0.2) is 13.2 Å². The number of sulfonamides is 1. The maximum Gasteiger partial charge on any atom is 0.337 e. The molecule has 0 heterocycles. The zero-order chi connectivity index (χ0) is 24.7. The summed E-state index contributed by atoms with van der Waals surface area (Å²) in [5.74, 6) is -0.593. The topological polar surface area (TPSA) is 102 Å². The minimum absolute atomic E-state index is 0.0220. The van der Waals surface area contributed by atoms with Gasteiger partial charge in [-0.15, -0.1) is 0 Å². The third-order valence-electron chi connectivity index (χ3n) is 4.69. The highest BCUT2D eigenvalue weighted by molar-refractivity contribution is 7.92. The molecular formula is C24H23ClN2O6S. The van der Waals surface area contributed by atoms with E-state index < -0.39 is 28.4 Å². The second kappa shape index (κ2) is 11.0. The van der Waals surface area contributed by atoms with Gasteiger partial charge in [-0.05, 0) is 73.7 Å². The Bertz CT molecular complexity index is 1260. The van der Waals surface area contributed by atoms with Crippen molar-refractivity contribution < 1.29 is 27.5 Å². The van der Waals surface area contributed by atoms with E-state index in [1.807, 2.05) is 6.92 Å². The summed E-state index contributed by atoms with van der Waals surface area (Å²) in [4.78, 5) is 24.6. The van der Waals surface area contributed by atoms with Crippen molar-refractivity contribution in [1.82, 2.24) is 0 Å². The van der Waals surface area contributed by atoms with Crippen LogP contribution in [0.2, 0.25) is 5.02 Å². The average Bonchev–Trinajstić information content (AvgIpc) is 2.83. The van der Waals surface area contributed by atoms with Crippen molar-refractivity contribution >= 4 is 44.9 Å². The summed E-state index contributed by atoms with van der Waals surface area (Å²) in [6.45, 7) is 1.78. The number of esters is 1. The lowest BCUT2D eigenvalue weighted by Gasteiger charge is -2.24. The zero-order valence-corrected chi connectivity index (χ0v) is 20.1. The number of halogens is 1. The highest BCUT2D eigenvalue weighted by Gasteiger charge is 2.27. The van der Waals surface area contributed by atoms with Crippen molar-refractivity contribution in [3.05, 3.63) is 83.4 Å². The van der Waals surface area contributed by atoms with Crippen molar-refractivity contribution in [2.45, 2.75) is 11.8 Å². The molecule has 0 aliphatic rings. The predicted molar refractivity (Wildman–Crippen MR) is 130 cm³/mol. The summed E-state index contributed by atoms with van der Waals surface area (Å²) in [6.07, 6.45) is 0. The molecule has 0 spiro atoms. The highest BCUT2D eigenvalue weighted by atomic mass is 35.5. The molecule has 0 radical (unpaired) electrons. The van der Waals surface area contributed by atoms with Gasteiger partial charge in [-0.3, -0.25) is 9.10 Å². The Hall–Kier alpha value is -3.56. The fourth-order valence-electron chi connectivity index (χ4n) is 3.10. The van der Waals surface area contributed by atoms with Crippen molar-refractivity contribution in [2.75, 3.05) is 29.9 Å². The van der Waals surface area contributed by atoms with E-state index in [-0.39, 0.29) is 16.1 Å². The standard InChI is InChI=1S/C24H23ClN2O6S/c1-3-33-21-11-9-20(10-12-21)27(34(30,31)22-13-7-18(25)8-14-22)16-23(28)26-19-6-4-5-17(15-19)24(29)32-2/h4-15H,3,16H2,1-2H3,(H,26,28). The first-order chi connectivity index (χ1) is 16.2. The molecule has 3 rings (SSSR count). The van der Waals surface area contributed by atoms with Gasteiger partial charge in [0.05, 0.1) is 29.9 Å². The molecule has 0 atom stereocenters. The molecule has 0 aliphatic carbocycles. The number of methoxy groups -OCH3 is 1. The Morgan fingerprint density at radius 1 is 1.00 bits per heavy atom. The Morgan fingerprint density at radius 2 is 1.68 bits per heavy atom. The molecule has 0 aliphatic heterocycles. The van der Waals surface area contributed by atoms with Crippen LogP contribution in [0.4, 0.5) is 11.4 Å². The van der Waals surface area contributed by atoms with Gasteiger partial charge in [0.1, 0.15) is 12.3 Å². The smallest absolute Gasteiger partial charge is 0.337 e. The van der Waals surface area contributed by atoms with E-state index in [1.165, 1.54) is 37.4 Å². The van der Waals surface area contributed by atoms with E-state index in [0.29, 0.717) is 23.1 Å². The van der Waals surface area contributed by atoms with Crippen LogP contribution in [-0.4, -0.2) is 40.6 Å². The van der Waals surface area contributed by atoms with E-state index >= 15 is 0 Å². The van der Waals surface area contributed by atoms with Gasteiger partial charge in [0.2, 0.25) is 5.91 Å². The van der Waals surface area contributed by atoms with E-state index in [2.05, 4.69) is 10.1 Å². The van der Waals surface area contributed by atoms with Gasteiger partial charge in [-0.1, -0.05) is 17.7 Å². The van der Waals surface area contributed by atoms with Crippen LogP contribution in [0.3, 0.4) is 0 Å². The fourth-order valence-corrected chi connectivity index (χ4v) is 4.64. The quantitative estimate of drug-likeness (QED) is 0.436. The second-order valence-corrected chi connectivity index (χ2v) is 9.31. The number of anilines is 2. The van der Waals surface area contributed by atoms with Crippen LogP contribution in [0.15, 0.2) is 77.7 Å². The van der Waals surface area contributed by atoms with Crippen LogP contribution in [0.1, 0.15) is 17.3 Å². The summed E-state index contributed by atoms with van der Waals surface area (Å²) in [5, 5.41) is 3.01. The van der Waals surface area contributed by atoms with Crippen LogP contribution in [-0.2, 0) is 19.6 Å². The van der Waals surface area contributed by atoms with Crippen molar-refractivity contribution in [2.24, 2.45) is 0 Å². The summed E-state index contributed by atoms with van der Waals surface area (Å²) in [6, 6.07) is 18.2. The number of carbonyl (C=O) groups excluding carboxylic acids is 2. The Balaban J connectivity index is 1.91. The molecule has 1 amide bonds. The molecule has 0 aromatic heterocycles. The minimum Gasteiger partial charge on any atom is -0.494 e. The summed E-state index contributed by atoms with van der Waals surface area (Å²) >= 11 is 5.91. The molecule has 3 aromatic carbocycles. The largest absolute Gasteiger partial charge is 0.494 e. The number of nitrogens with one attached hydrogen (secondary N) is 1. The van der Waals surface area contributed by atoms with Gasteiger partial charge >= 0.3 is 5.97 Å². The molecule has 0 unspecified atom stereocenters. The van der Waals surface area contributed by atoms with Gasteiger partial charge in [-0.2, -0.15) is 0 Å². The van der Waals surface area contributed by atoms with E-state index in [4.69, 9.17) is 16.3 Å². The number of rotatable bonds is 9. The van der Waals surface area contributed by atoms with Gasteiger partial charge in [0, 0.05) is 10.7 Å². The second-order valence-electron chi connectivity index (χ2n) is 7.01. The van der Waals surface area contributed by atoms with Gasteiger partial charge in [0.15, 0.2) is 0 Å². The molecule has 0 bridgehead atoms. The van der Waals surface area contributed by atoms with Crippen molar-refractivity contribution in [3.63, 3.8) is 0 Å². The van der Waals surface area contributed by atoms with Crippen LogP contribution < -0.4 is 14.4 Å². The number of nitrogens with zero attached hydrogens (tertiary/aromatic N) is 1. The third-order valence-corrected chi connectivity index (χ3v) is 6.73. The van der Waals surface area contributed by atoms with E-state index in [1.54, 1.807) is 42.5 Å². The van der Waals surface area contributed by atoms with Crippen LogP contribution >= 0.6 is 11.6 Å². The lowest BCUT2D eigenvalue weighted by molar-refractivity contribution is -0.114. The first-order valence-corrected chi connectivity index (χ1v) is 12.1. The first-order valence-electron chi connectivity index (χ1n) is 10.2. The summed E-state index contributed by atoms with van der Waals surface area (Å²) in [5.41, 5.74) is 0.845. The fraction of sp³-hybridized carbons (Fsp3) is 0.167. The molecular weight excluding hydrogens is 480 g/mol. The monoisotopic (exact) mass is 502 g/mol. The molecule has 34 heavy (non-hydrogen) atoms. The molecule has 1 N–H and O–H groups in total. The van der Waals surface area contributed by atoms with Gasteiger partial charge < -0.3 is 14.8 Å². The first kappa shape index (κ1) is 25.1. The Morgan fingerprint density at radius 3 is 2.29 bits per heavy atom. The normalized spacial score (nSPS) is 10.9. The number of carbonyl (C=O) groups is 2. The minimum atomic E-state index is -4.11. The number of hydrogen-bond acceptors (Lipinski definition) is 6. The SMILES string of the molecule is CCOc1ccc(N(CC(=O)Nc2cccc(C(=O)OC)c2)S(=O)(=O)c2ccc(Cl)cc2)cc1. The molecule has 0 saturated heterocycles. The maximum absolute atomic E-state index is 13.4. The molecule has 0 saturated carbocycles. The Labute approximate surface area is 203 Å². The number of ether oxygens (including phenoxy) is 2. The van der Waals surface area contributed by atoms with Crippen molar-refractivity contribution in [3.8, 4) is 5.75 Å². The molecule has 10 heteroatoms. The number of hydrogen-bond donors (Lipinski definition) is 1. The van der Waals surface area contributed by atoms with E-state index in [9.17, 15) is 18.0 Å². The lowest BCUT2D eigenvalue weighted by Crippen LogP contribution is -2.38.